The van der Waals surface area contributed by atoms with Crippen LogP contribution in [-0.2, 0) is 4.74 Å². The van der Waals surface area contributed by atoms with Crippen LogP contribution in [0.2, 0.25) is 0 Å². The van der Waals surface area contributed by atoms with E-state index in [2.05, 4.69) is 24.1 Å². The van der Waals surface area contributed by atoms with Gasteiger partial charge in [-0.1, -0.05) is 0 Å². The van der Waals surface area contributed by atoms with E-state index in [1.807, 2.05) is 24.3 Å². The van der Waals surface area contributed by atoms with Crippen LogP contribution >= 0.6 is 0 Å². The molecule has 0 saturated carbocycles. The maximum atomic E-state index is 5.77. The fourth-order valence-electron chi connectivity index (χ4n) is 2.04. The van der Waals surface area contributed by atoms with Gasteiger partial charge in [0.05, 0.1) is 17.7 Å². The van der Waals surface area contributed by atoms with Crippen LogP contribution in [0, 0.1) is 0 Å². The van der Waals surface area contributed by atoms with Gasteiger partial charge >= 0.3 is 0 Å². The Kier molecular flexibility index (Phi) is 3.39. The lowest BCUT2D eigenvalue weighted by atomic mass is 10.1. The van der Waals surface area contributed by atoms with Gasteiger partial charge < -0.3 is 15.8 Å². The fraction of sp³-hybridized carbons (Fsp3) is 0.357. The highest BCUT2D eigenvalue weighted by Crippen LogP contribution is 2.25. The lowest BCUT2D eigenvalue weighted by Crippen LogP contribution is -2.35. The standard InChI is InChI=1S/C14H19N3O/c1-14(2,9-18-3)17-12-6-7-16-13-8-10(15)4-5-11(12)13/h4-8H,9,15H2,1-3H3,(H,16,17). The van der Waals surface area contributed by atoms with Crippen molar-refractivity contribution in [2.45, 2.75) is 19.4 Å². The van der Waals surface area contributed by atoms with E-state index in [0.29, 0.717) is 6.61 Å². The van der Waals surface area contributed by atoms with Crippen LogP contribution in [0.15, 0.2) is 30.5 Å². The Morgan fingerprint density at radius 2 is 2.11 bits per heavy atom. The van der Waals surface area contributed by atoms with Crippen LogP contribution in [0.5, 0.6) is 0 Å². The molecule has 1 aromatic heterocycles. The average molecular weight is 245 g/mol. The second-order valence-electron chi connectivity index (χ2n) is 5.08. The second-order valence-corrected chi connectivity index (χ2v) is 5.08. The van der Waals surface area contributed by atoms with E-state index in [1.165, 1.54) is 0 Å². The van der Waals surface area contributed by atoms with Gasteiger partial charge in [0.1, 0.15) is 0 Å². The topological polar surface area (TPSA) is 60.2 Å². The second kappa shape index (κ2) is 4.82. The monoisotopic (exact) mass is 245 g/mol. The molecule has 1 aromatic carbocycles. The largest absolute Gasteiger partial charge is 0.399 e. The summed E-state index contributed by atoms with van der Waals surface area (Å²) in [6.07, 6.45) is 1.78. The minimum absolute atomic E-state index is 0.135. The number of benzene rings is 1. The summed E-state index contributed by atoms with van der Waals surface area (Å²) in [6.45, 7) is 4.83. The number of aromatic nitrogens is 1. The number of rotatable bonds is 4. The Bertz CT molecular complexity index is 552. The summed E-state index contributed by atoms with van der Waals surface area (Å²) in [4.78, 5) is 4.33. The Morgan fingerprint density at radius 1 is 1.33 bits per heavy atom. The Balaban J connectivity index is 2.39. The fourth-order valence-corrected chi connectivity index (χ4v) is 2.04. The van der Waals surface area contributed by atoms with Gasteiger partial charge in [0.25, 0.3) is 0 Å². The van der Waals surface area contributed by atoms with E-state index < -0.39 is 0 Å². The predicted molar refractivity (Wildman–Crippen MR) is 75.7 cm³/mol. The quantitative estimate of drug-likeness (QED) is 0.813. The van der Waals surface area contributed by atoms with E-state index in [-0.39, 0.29) is 5.54 Å². The van der Waals surface area contributed by atoms with Crippen molar-refractivity contribution in [3.63, 3.8) is 0 Å². The molecule has 0 bridgehead atoms. The molecule has 2 aromatic rings. The predicted octanol–water partition coefficient (Wildman–Crippen LogP) is 2.65. The maximum absolute atomic E-state index is 5.77. The highest BCUT2D eigenvalue weighted by molar-refractivity contribution is 5.92. The first-order valence-corrected chi connectivity index (χ1v) is 5.93. The van der Waals surface area contributed by atoms with Gasteiger partial charge in [-0.25, -0.2) is 0 Å². The molecule has 96 valence electrons. The van der Waals surface area contributed by atoms with Crippen LogP contribution in [0.1, 0.15) is 13.8 Å². The van der Waals surface area contributed by atoms with Crippen molar-refractivity contribution in [2.75, 3.05) is 24.8 Å². The number of methoxy groups -OCH3 is 1. The van der Waals surface area contributed by atoms with Gasteiger partial charge in [-0.15, -0.1) is 0 Å². The number of hydrogen-bond acceptors (Lipinski definition) is 4. The number of nitrogens with one attached hydrogen (secondary N) is 1. The van der Waals surface area contributed by atoms with Gasteiger partial charge in [0.2, 0.25) is 0 Å². The molecule has 2 rings (SSSR count). The minimum Gasteiger partial charge on any atom is -0.399 e. The van der Waals surface area contributed by atoms with Gasteiger partial charge in [-0.2, -0.15) is 0 Å². The molecule has 0 aliphatic rings. The summed E-state index contributed by atoms with van der Waals surface area (Å²) in [6, 6.07) is 7.72. The Labute approximate surface area is 107 Å². The molecule has 18 heavy (non-hydrogen) atoms. The normalized spacial score (nSPS) is 11.7. The lowest BCUT2D eigenvalue weighted by Gasteiger charge is -2.27. The van der Waals surface area contributed by atoms with Crippen molar-refractivity contribution in [1.82, 2.24) is 4.98 Å². The third-order valence-electron chi connectivity index (χ3n) is 2.75. The molecule has 0 unspecified atom stereocenters. The van der Waals surface area contributed by atoms with Crippen LogP contribution in [0.25, 0.3) is 10.9 Å². The molecule has 0 amide bonds. The molecular formula is C14H19N3O. The van der Waals surface area contributed by atoms with E-state index >= 15 is 0 Å². The third kappa shape index (κ3) is 2.71. The molecule has 1 heterocycles. The van der Waals surface area contributed by atoms with Crippen molar-refractivity contribution in [3.8, 4) is 0 Å². The lowest BCUT2D eigenvalue weighted by molar-refractivity contribution is 0.158. The van der Waals surface area contributed by atoms with Gasteiger partial charge in [-0.3, -0.25) is 4.98 Å². The van der Waals surface area contributed by atoms with Gasteiger partial charge in [-0.05, 0) is 38.1 Å². The Hall–Kier alpha value is -1.81. The summed E-state index contributed by atoms with van der Waals surface area (Å²) in [5, 5.41) is 4.54. The zero-order valence-electron chi connectivity index (χ0n) is 11.0. The van der Waals surface area contributed by atoms with E-state index in [9.17, 15) is 0 Å². The van der Waals surface area contributed by atoms with E-state index in [0.717, 1.165) is 22.3 Å². The molecule has 0 atom stereocenters. The minimum atomic E-state index is -0.135. The molecule has 4 heteroatoms. The SMILES string of the molecule is COCC(C)(C)Nc1ccnc2cc(N)ccc12. The number of nitrogen functional groups attached to an aromatic ring is 1. The summed E-state index contributed by atoms with van der Waals surface area (Å²) >= 11 is 0. The zero-order chi connectivity index (χ0) is 13.2. The van der Waals surface area contributed by atoms with Gasteiger partial charge in [0.15, 0.2) is 0 Å². The molecule has 4 nitrogen and oxygen atoms in total. The first kappa shape index (κ1) is 12.6. The molecular weight excluding hydrogens is 226 g/mol. The van der Waals surface area contributed by atoms with Gasteiger partial charge in [0, 0.05) is 30.1 Å². The van der Waals surface area contributed by atoms with E-state index in [1.54, 1.807) is 13.3 Å². The number of pyridine rings is 1. The average Bonchev–Trinajstić information content (AvgIpc) is 2.28. The molecule has 0 aliphatic carbocycles. The van der Waals surface area contributed by atoms with Crippen molar-refractivity contribution in [2.24, 2.45) is 0 Å². The van der Waals surface area contributed by atoms with Crippen molar-refractivity contribution >= 4 is 22.3 Å². The maximum Gasteiger partial charge on any atom is 0.0743 e. The van der Waals surface area contributed by atoms with Crippen LogP contribution in [0.4, 0.5) is 11.4 Å². The molecule has 0 fully saturated rings. The summed E-state index contributed by atoms with van der Waals surface area (Å²) < 4.78 is 5.21. The van der Waals surface area contributed by atoms with Crippen molar-refractivity contribution in [1.29, 1.82) is 0 Å². The molecule has 3 N–H and O–H groups in total. The smallest absolute Gasteiger partial charge is 0.0743 e. The number of nitrogens with zero attached hydrogens (tertiary/aromatic N) is 1. The summed E-state index contributed by atoms with van der Waals surface area (Å²) in [5.41, 5.74) is 8.30. The summed E-state index contributed by atoms with van der Waals surface area (Å²) in [5.74, 6) is 0. The number of hydrogen-bond donors (Lipinski definition) is 2. The van der Waals surface area contributed by atoms with Crippen molar-refractivity contribution < 1.29 is 4.74 Å². The van der Waals surface area contributed by atoms with E-state index in [4.69, 9.17) is 10.5 Å². The van der Waals surface area contributed by atoms with Crippen LogP contribution < -0.4 is 11.1 Å². The van der Waals surface area contributed by atoms with Crippen LogP contribution in [-0.4, -0.2) is 24.2 Å². The molecule has 0 radical (unpaired) electrons. The first-order valence-electron chi connectivity index (χ1n) is 5.93. The first-order chi connectivity index (χ1) is 8.52. The van der Waals surface area contributed by atoms with Crippen molar-refractivity contribution in [3.05, 3.63) is 30.5 Å². The number of ether oxygens (including phenoxy) is 1. The summed E-state index contributed by atoms with van der Waals surface area (Å²) in [7, 11) is 1.70. The number of nitrogens with two attached hydrogens (primary N) is 1. The highest BCUT2D eigenvalue weighted by atomic mass is 16.5. The number of anilines is 2. The number of fused-ring (bicyclic) bond motifs is 1. The Morgan fingerprint density at radius 3 is 2.83 bits per heavy atom. The molecule has 0 spiro atoms. The third-order valence-corrected chi connectivity index (χ3v) is 2.75. The van der Waals surface area contributed by atoms with Crippen LogP contribution in [0.3, 0.4) is 0 Å². The molecule has 0 aliphatic heterocycles. The highest BCUT2D eigenvalue weighted by Gasteiger charge is 2.18. The molecule has 0 saturated heterocycles. The zero-order valence-corrected chi connectivity index (χ0v) is 11.0.